The number of rotatable bonds is 7. The maximum absolute atomic E-state index is 9.92. The SMILES string of the molecule is CC[C@H](O)[C@@H](O)C1NC(N)C(O)CC(O)C(N)N1.NCC[C@@H](O)[C@H](O)CN. The first-order valence-electron chi connectivity index (χ1n) is 9.10. The van der Waals surface area contributed by atoms with Gasteiger partial charge >= 0.3 is 0 Å². The van der Waals surface area contributed by atoms with Gasteiger partial charge in [-0.2, -0.15) is 0 Å². The predicted molar refractivity (Wildman–Crippen MR) is 99.7 cm³/mol. The highest BCUT2D eigenvalue weighted by atomic mass is 16.3. The molecular formula is C15H38N6O6. The molecule has 0 saturated carbocycles. The lowest BCUT2D eigenvalue weighted by Gasteiger charge is -2.38. The van der Waals surface area contributed by atoms with Crippen LogP contribution in [-0.4, -0.2) is 98.8 Å². The van der Waals surface area contributed by atoms with Crippen molar-refractivity contribution in [2.45, 2.75) is 81.3 Å². The number of hydrogen-bond donors (Lipinski definition) is 12. The summed E-state index contributed by atoms with van der Waals surface area (Å²) in [6.07, 6.45) is -7.35. The molecule has 0 aliphatic carbocycles. The van der Waals surface area contributed by atoms with Crippen LogP contribution < -0.4 is 33.6 Å². The second-order valence-electron chi connectivity index (χ2n) is 6.65. The summed E-state index contributed by atoms with van der Waals surface area (Å²) in [5, 5.41) is 62.1. The minimum absolute atomic E-state index is 0.0292. The summed E-state index contributed by atoms with van der Waals surface area (Å²) in [4.78, 5) is 0. The molecule has 1 aliphatic heterocycles. The smallest absolute Gasteiger partial charge is 0.108 e. The second kappa shape index (κ2) is 13.7. The fourth-order valence-corrected chi connectivity index (χ4v) is 2.41. The molecule has 1 saturated heterocycles. The third-order valence-corrected chi connectivity index (χ3v) is 4.36. The number of aliphatic hydroxyl groups is 6. The molecule has 0 aromatic carbocycles. The van der Waals surface area contributed by atoms with E-state index in [-0.39, 0.29) is 13.0 Å². The summed E-state index contributed by atoms with van der Waals surface area (Å²) in [6.45, 7) is 2.18. The first kappa shape index (κ1) is 26.5. The molecule has 164 valence electrons. The lowest BCUT2D eigenvalue weighted by molar-refractivity contribution is -0.0451. The minimum Gasteiger partial charge on any atom is -0.390 e. The van der Waals surface area contributed by atoms with Crippen LogP contribution in [0, 0.1) is 0 Å². The molecule has 12 heteroatoms. The summed E-state index contributed by atoms with van der Waals surface area (Å²) in [6, 6.07) is 0. The second-order valence-corrected chi connectivity index (χ2v) is 6.65. The largest absolute Gasteiger partial charge is 0.390 e. The van der Waals surface area contributed by atoms with E-state index in [4.69, 9.17) is 33.1 Å². The molecule has 0 spiro atoms. The van der Waals surface area contributed by atoms with Crippen LogP contribution in [0.5, 0.6) is 0 Å². The van der Waals surface area contributed by atoms with Crippen molar-refractivity contribution < 1.29 is 30.6 Å². The predicted octanol–water partition coefficient (Wildman–Crippen LogP) is -5.67. The van der Waals surface area contributed by atoms with Gasteiger partial charge < -0.3 is 53.6 Å². The topological polar surface area (TPSA) is 250 Å². The van der Waals surface area contributed by atoms with Crippen molar-refractivity contribution in [3.63, 3.8) is 0 Å². The van der Waals surface area contributed by atoms with Crippen LogP contribution >= 0.6 is 0 Å². The van der Waals surface area contributed by atoms with Crippen molar-refractivity contribution in [1.82, 2.24) is 10.6 Å². The quantitative estimate of drug-likeness (QED) is 0.192. The Kier molecular flexibility index (Phi) is 13.4. The van der Waals surface area contributed by atoms with E-state index in [1.807, 2.05) is 0 Å². The molecule has 1 fully saturated rings. The van der Waals surface area contributed by atoms with E-state index < -0.39 is 55.1 Å². The Balaban J connectivity index is 0.000000636. The van der Waals surface area contributed by atoms with E-state index in [9.17, 15) is 20.4 Å². The van der Waals surface area contributed by atoms with E-state index in [1.54, 1.807) is 6.92 Å². The Labute approximate surface area is 159 Å². The van der Waals surface area contributed by atoms with E-state index >= 15 is 0 Å². The van der Waals surface area contributed by atoms with Gasteiger partial charge in [0.25, 0.3) is 0 Å². The van der Waals surface area contributed by atoms with Crippen LogP contribution in [0.2, 0.25) is 0 Å². The lowest BCUT2D eigenvalue weighted by Crippen LogP contribution is -2.69. The fourth-order valence-electron chi connectivity index (χ4n) is 2.41. The van der Waals surface area contributed by atoms with Gasteiger partial charge in [0.15, 0.2) is 0 Å². The fraction of sp³-hybridized carbons (Fsp3) is 1.00. The molecule has 0 radical (unpaired) electrons. The first-order valence-corrected chi connectivity index (χ1v) is 9.10. The molecule has 0 bridgehead atoms. The van der Waals surface area contributed by atoms with E-state index in [2.05, 4.69) is 10.6 Å². The maximum atomic E-state index is 9.92. The van der Waals surface area contributed by atoms with Crippen LogP contribution in [0.4, 0.5) is 0 Å². The zero-order chi connectivity index (χ0) is 21.1. The van der Waals surface area contributed by atoms with Crippen molar-refractivity contribution >= 4 is 0 Å². The van der Waals surface area contributed by atoms with E-state index in [1.165, 1.54) is 0 Å². The van der Waals surface area contributed by atoms with Crippen molar-refractivity contribution in [3.05, 3.63) is 0 Å². The summed E-state index contributed by atoms with van der Waals surface area (Å²) < 4.78 is 0. The van der Waals surface area contributed by atoms with Crippen LogP contribution in [0.15, 0.2) is 0 Å². The highest BCUT2D eigenvalue weighted by Gasteiger charge is 2.34. The van der Waals surface area contributed by atoms with Gasteiger partial charge in [0.05, 0.1) is 49.0 Å². The average Bonchev–Trinajstić information content (AvgIpc) is 2.64. The first-order chi connectivity index (χ1) is 12.6. The molecule has 0 aromatic rings. The minimum atomic E-state index is -1.15. The maximum Gasteiger partial charge on any atom is 0.108 e. The van der Waals surface area contributed by atoms with Gasteiger partial charge in [-0.3, -0.25) is 10.6 Å². The monoisotopic (exact) mass is 398 g/mol. The third kappa shape index (κ3) is 9.51. The standard InChI is InChI=1S/C10H24N4O4.C5H14N2O2/c1-2-4(15)7(18)10-13-8(11)5(16)3-6(17)9(12)14-10;6-2-1-4(8)5(9)3-7/h4-10,13-18H,2-3,11-12H2,1H3;4-5,8-9H,1-3,6-7H2/t4-,5?,6?,7+,8?,9?,10?;4-,5-/m01/s1. The van der Waals surface area contributed by atoms with Gasteiger partial charge in [0.1, 0.15) is 6.10 Å². The Morgan fingerprint density at radius 1 is 0.889 bits per heavy atom. The van der Waals surface area contributed by atoms with Crippen LogP contribution in [0.3, 0.4) is 0 Å². The van der Waals surface area contributed by atoms with Crippen LogP contribution in [-0.2, 0) is 0 Å². The van der Waals surface area contributed by atoms with Crippen molar-refractivity contribution in [2.75, 3.05) is 13.1 Å². The van der Waals surface area contributed by atoms with Gasteiger partial charge in [-0.25, -0.2) is 0 Å². The molecule has 8 atom stereocenters. The highest BCUT2D eigenvalue weighted by Crippen LogP contribution is 2.10. The molecule has 0 amide bonds. The van der Waals surface area contributed by atoms with E-state index in [0.717, 1.165) is 0 Å². The van der Waals surface area contributed by atoms with Gasteiger partial charge in [-0.05, 0) is 19.4 Å². The zero-order valence-electron chi connectivity index (χ0n) is 15.7. The molecule has 27 heavy (non-hydrogen) atoms. The molecule has 1 aliphatic rings. The Morgan fingerprint density at radius 2 is 1.37 bits per heavy atom. The van der Waals surface area contributed by atoms with Crippen LogP contribution in [0.1, 0.15) is 26.2 Å². The summed E-state index contributed by atoms with van der Waals surface area (Å²) in [5.74, 6) is 0. The number of nitrogens with two attached hydrogens (primary N) is 4. The number of hydrogen-bond acceptors (Lipinski definition) is 12. The van der Waals surface area contributed by atoms with E-state index in [0.29, 0.717) is 19.4 Å². The Morgan fingerprint density at radius 3 is 1.74 bits per heavy atom. The van der Waals surface area contributed by atoms with Crippen molar-refractivity contribution in [1.29, 1.82) is 0 Å². The molecule has 4 unspecified atom stereocenters. The molecular weight excluding hydrogens is 360 g/mol. The number of nitrogens with one attached hydrogen (secondary N) is 2. The summed E-state index contributed by atoms with van der Waals surface area (Å²) in [7, 11) is 0. The molecule has 1 heterocycles. The summed E-state index contributed by atoms with van der Waals surface area (Å²) >= 11 is 0. The number of aliphatic hydroxyl groups excluding tert-OH is 6. The molecule has 1 rings (SSSR count). The summed E-state index contributed by atoms with van der Waals surface area (Å²) in [5.41, 5.74) is 21.5. The lowest BCUT2D eigenvalue weighted by atomic mass is 10.0. The highest BCUT2D eigenvalue weighted by molar-refractivity contribution is 4.90. The van der Waals surface area contributed by atoms with Crippen molar-refractivity contribution in [3.8, 4) is 0 Å². The van der Waals surface area contributed by atoms with Gasteiger partial charge in [-0.15, -0.1) is 0 Å². The molecule has 12 nitrogen and oxygen atoms in total. The molecule has 16 N–H and O–H groups in total. The normalized spacial score (nSPS) is 33.7. The average molecular weight is 399 g/mol. The molecule has 0 aromatic heterocycles. The Hall–Kier alpha value is -0.480. The van der Waals surface area contributed by atoms with Gasteiger partial charge in [-0.1, -0.05) is 6.92 Å². The third-order valence-electron chi connectivity index (χ3n) is 4.36. The van der Waals surface area contributed by atoms with Gasteiger partial charge in [0.2, 0.25) is 0 Å². The van der Waals surface area contributed by atoms with Crippen molar-refractivity contribution in [2.24, 2.45) is 22.9 Å². The zero-order valence-corrected chi connectivity index (χ0v) is 15.7. The Bertz CT molecular complexity index is 369. The van der Waals surface area contributed by atoms with Gasteiger partial charge in [0, 0.05) is 13.0 Å². The van der Waals surface area contributed by atoms with Crippen LogP contribution in [0.25, 0.3) is 0 Å².